The molecule has 5 aliphatic rings. The van der Waals surface area contributed by atoms with Crippen molar-refractivity contribution in [2.45, 2.75) is 107 Å². The standard InChI is InChI=1S/C30H38N5O2P.C29H38ClN6O3P.C26H35ClN6OP2.C24H27BrN5O4PS/c1-21(2)34-15-17-35(18-16-34)23-14-13-22(27(20-23)37-3)19-29-31-25-11-8-9-24(25)30(33-29)32-26-10-6-7-12-28(26)38(4,5)36;1-38-26-17-21(36-15-11-20(12-16-36)35-13-5-6-14-35)7-9-25(26)33-29-31-19-23(30)28(34-29)32-24-10-8-22(40(3,4)37)18-27(24)39-2;1-32(2)18-12-14-33(15-13-18)19-10-11-21(23(16-19)34-3)30-26-28-17-20(27)25(31-26)29-22-8-6-7-9-24(22)36(4,5)35;1-14(2)36(32,33)20-9-7-6-8-18(20)27-23-21-16(25)13-26-22(21)29-24(30-23)28-17-11-10-15(35(4,5)31)12-19(17)34-3/h6-10,12-14,20-21H,11,15-19H2,1-5H3,(H,31,32,33);7-10,17-20H,5-6,11-16H2,1-4H3,(H2,31,32,33,34);6-11,16-18,35H,12-15H2,1-5H3,(H2,28,29,30,31);6-14H,1-5H3,(H3,26,27,28,29,30). The number of fused-ring (bicyclic) bond motifs is 2. The zero-order valence-corrected chi connectivity index (χ0v) is 97.2. The molecule has 0 atom stereocenters. The number of nitrogens with one attached hydrogen (secondary N) is 8. The molecular weight excluding hydrogens is 2120 g/mol. The molecule has 1 aliphatic carbocycles. The van der Waals surface area contributed by atoms with Gasteiger partial charge >= 0.3 is 0 Å². The number of hydrogen-bond acceptors (Lipinski definition) is 31. The van der Waals surface area contributed by atoms with Crippen molar-refractivity contribution in [2.24, 2.45) is 0 Å². The molecular formula is C109H138BrCl2N22O10P5S. The lowest BCUT2D eigenvalue weighted by molar-refractivity contribution is 0.208. The van der Waals surface area contributed by atoms with Gasteiger partial charge in [-0.25, -0.2) is 28.4 Å². The number of anilines is 17. The van der Waals surface area contributed by atoms with Gasteiger partial charge in [0, 0.05) is 167 Å². The predicted molar refractivity (Wildman–Crippen MR) is 631 cm³/mol. The van der Waals surface area contributed by atoms with Gasteiger partial charge in [-0.1, -0.05) is 90.4 Å². The highest BCUT2D eigenvalue weighted by molar-refractivity contribution is 9.10. The van der Waals surface area contributed by atoms with Crippen LogP contribution in [-0.2, 0) is 36.4 Å². The molecule has 0 unspecified atom stereocenters. The molecule has 0 spiro atoms. The number of allylic oxidation sites excluding steroid dienone is 1. The molecule has 9 heterocycles. The molecule has 8 aromatic carbocycles. The Kier molecular flexibility index (Phi) is 37.3. The van der Waals surface area contributed by atoms with Crippen LogP contribution in [-0.4, -0.2) is 260 Å². The SMILES string of the molecule is COc1cc(N2CCC(N(C)C)CC2)ccc1Nc1ncc(Cl)c(Nc2ccccc2P(C)(C)=P)n1.COc1cc(N2CCC(N3CCCC3)CC2)ccc1Nc1ncc(Cl)c(Nc2ccc(P(C)(C)=O)cc2OC)n1.COc1cc(N2CCN(C(C)C)CC2)ccc1Cc1nc2c(c(Nc3ccccc3P(C)(C)=O)n1)C=CC2.COc1cc(P(C)(C)=O)ccc1Nc1nc(Nc2ccccc2S(=O)(=O)C(C)C)c2c(Br)c[nH]c2n1. The number of aromatic amines is 1. The molecule has 0 saturated carbocycles. The van der Waals surface area contributed by atoms with Crippen molar-refractivity contribution in [3.05, 3.63) is 226 Å². The van der Waals surface area contributed by atoms with Gasteiger partial charge in [0.2, 0.25) is 17.8 Å². The second-order valence-electron chi connectivity index (χ2n) is 40.0. The summed E-state index contributed by atoms with van der Waals surface area (Å²) in [7, 11) is 5.51. The molecule has 41 heteroatoms. The van der Waals surface area contributed by atoms with Crippen LogP contribution < -0.4 is 96.8 Å². The van der Waals surface area contributed by atoms with Crippen LogP contribution in [0.1, 0.15) is 88.9 Å². The Hall–Kier alpha value is -11.3. The summed E-state index contributed by atoms with van der Waals surface area (Å²) >= 11 is 16.4. The van der Waals surface area contributed by atoms with Gasteiger partial charge in [0.1, 0.15) is 83.3 Å². The number of H-pyrrole nitrogens is 1. The second-order valence-corrected chi connectivity index (χ2v) is 60.5. The van der Waals surface area contributed by atoms with E-state index in [2.05, 4.69) is 228 Å². The van der Waals surface area contributed by atoms with E-state index in [-0.39, 0.29) is 10.8 Å². The minimum absolute atomic E-state index is 0.189. The molecule has 4 aliphatic heterocycles. The van der Waals surface area contributed by atoms with Gasteiger partial charge in [0.15, 0.2) is 21.5 Å². The molecule has 0 amide bonds. The fourth-order valence-corrected chi connectivity index (χ4v) is 25.4. The summed E-state index contributed by atoms with van der Waals surface area (Å²) in [5, 5.41) is 27.4. The first kappa shape index (κ1) is 113. The first-order chi connectivity index (χ1) is 71.5. The number of ether oxygens (including phenoxy) is 5. The molecule has 32 nitrogen and oxygen atoms in total. The van der Waals surface area contributed by atoms with Crippen molar-refractivity contribution in [1.82, 2.24) is 59.6 Å². The minimum atomic E-state index is -3.54. The number of piperidine rings is 2. The molecule has 13 aromatic rings. The highest BCUT2D eigenvalue weighted by Crippen LogP contribution is 2.48. The van der Waals surface area contributed by atoms with Gasteiger partial charge in [-0.2, -0.15) is 19.9 Å². The summed E-state index contributed by atoms with van der Waals surface area (Å²) < 4.78 is 92.9. The first-order valence-electron chi connectivity index (χ1n) is 50.2. The summed E-state index contributed by atoms with van der Waals surface area (Å²) in [6, 6.07) is 54.2. The van der Waals surface area contributed by atoms with Crippen LogP contribution in [0, 0.1) is 0 Å². The Balaban J connectivity index is 0.000000150. The van der Waals surface area contributed by atoms with Gasteiger partial charge in [-0.05, 0) is 260 Å². The van der Waals surface area contributed by atoms with Gasteiger partial charge in [0.25, 0.3) is 0 Å². The first-order valence-corrected chi connectivity index (χ1v) is 65.1. The lowest BCUT2D eigenvalue weighted by Crippen LogP contribution is -2.48. The number of halogens is 3. The van der Waals surface area contributed by atoms with Crippen molar-refractivity contribution < 1.29 is 45.8 Å². The number of rotatable bonds is 33. The van der Waals surface area contributed by atoms with Crippen molar-refractivity contribution in [2.75, 3.05) is 220 Å². The summed E-state index contributed by atoms with van der Waals surface area (Å²) in [6.45, 7) is 32.1. The molecule has 5 aromatic heterocycles. The van der Waals surface area contributed by atoms with E-state index in [0.717, 1.165) is 161 Å². The van der Waals surface area contributed by atoms with Crippen LogP contribution in [0.3, 0.4) is 0 Å². The second kappa shape index (κ2) is 49.6. The van der Waals surface area contributed by atoms with Crippen LogP contribution in [0.4, 0.5) is 98.0 Å². The van der Waals surface area contributed by atoms with E-state index in [1.54, 1.807) is 143 Å². The fraction of sp³-hybridized carbons (Fsp3) is 0.376. The smallest absolute Gasteiger partial charge is 0.231 e. The largest absolute Gasteiger partial charge is 0.496 e. The summed E-state index contributed by atoms with van der Waals surface area (Å²) in [4.78, 5) is 55.1. The Labute approximate surface area is 902 Å². The molecule has 0 bridgehead atoms. The number of aromatic nitrogens is 9. The Morgan fingerprint density at radius 1 is 0.480 bits per heavy atom. The molecule has 18 rings (SSSR count). The van der Waals surface area contributed by atoms with E-state index >= 15 is 0 Å². The number of methoxy groups -OCH3 is 5. The Bertz CT molecular complexity index is 7350. The van der Waals surface area contributed by atoms with Crippen molar-refractivity contribution in [3.8, 4) is 28.7 Å². The van der Waals surface area contributed by atoms with Crippen LogP contribution in [0.15, 0.2) is 198 Å². The molecule has 4 saturated heterocycles. The summed E-state index contributed by atoms with van der Waals surface area (Å²) in [5.41, 5.74) is 12.1. The van der Waals surface area contributed by atoms with Crippen molar-refractivity contribution >= 4 is 222 Å². The highest BCUT2D eigenvalue weighted by Gasteiger charge is 2.32. The maximum Gasteiger partial charge on any atom is 0.231 e. The van der Waals surface area contributed by atoms with E-state index < -0.39 is 43.1 Å². The number of piperazine rings is 1. The minimum Gasteiger partial charge on any atom is -0.496 e. The average Bonchev–Trinajstić information content (AvgIpc) is 1.56. The number of nitrogens with zero attached hydrogens (tertiary/aromatic N) is 14. The summed E-state index contributed by atoms with van der Waals surface area (Å²) in [5.74, 6) is 7.26. The van der Waals surface area contributed by atoms with E-state index in [9.17, 15) is 22.1 Å². The Morgan fingerprint density at radius 3 is 1.44 bits per heavy atom. The number of benzene rings is 8. The molecule has 0 radical (unpaired) electrons. The van der Waals surface area contributed by atoms with Crippen LogP contribution in [0.2, 0.25) is 10.0 Å². The third kappa shape index (κ3) is 28.2. The maximum atomic E-state index is 13.0. The zero-order chi connectivity index (χ0) is 107. The number of para-hydroxylation sites is 3. The molecule has 150 heavy (non-hydrogen) atoms. The topological polar surface area (TPSA) is 354 Å². The van der Waals surface area contributed by atoms with Crippen LogP contribution in [0.25, 0.3) is 17.1 Å². The van der Waals surface area contributed by atoms with Crippen molar-refractivity contribution in [3.63, 3.8) is 0 Å². The fourth-order valence-electron chi connectivity index (χ4n) is 18.8. The third-order valence-corrected chi connectivity index (χ3v) is 37.6. The lowest BCUT2D eigenvalue weighted by Gasteiger charge is -2.38. The monoisotopic (exact) mass is 2250 g/mol. The van der Waals surface area contributed by atoms with Gasteiger partial charge in [-0.15, -0.1) is 8.53 Å². The summed E-state index contributed by atoms with van der Waals surface area (Å²) in [6.07, 6.45) is 17.8. The van der Waals surface area contributed by atoms with Crippen LogP contribution >= 0.6 is 75.6 Å². The number of sulfone groups is 1. The van der Waals surface area contributed by atoms with Crippen molar-refractivity contribution in [1.29, 1.82) is 0 Å². The van der Waals surface area contributed by atoms with Gasteiger partial charge < -0.3 is 104 Å². The van der Waals surface area contributed by atoms with Gasteiger partial charge in [-0.3, -0.25) is 4.90 Å². The van der Waals surface area contributed by atoms with E-state index in [1.165, 1.54) is 63.1 Å². The van der Waals surface area contributed by atoms with E-state index in [0.29, 0.717) is 115 Å². The quantitative estimate of drug-likeness (QED) is 0.0177. The normalized spacial score (nSPS) is 14.9. The highest BCUT2D eigenvalue weighted by atomic mass is 79.9. The van der Waals surface area contributed by atoms with E-state index in [1.807, 2.05) is 66.7 Å². The van der Waals surface area contributed by atoms with Crippen LogP contribution in [0.5, 0.6) is 28.7 Å². The average molecular weight is 2250 g/mol. The zero-order valence-electron chi connectivity index (χ0n) is 88.7. The third-order valence-electron chi connectivity index (χ3n) is 27.3. The molecule has 796 valence electrons. The number of hydrogen-bond donors (Lipinski definition) is 8. The number of likely N-dealkylation sites (tertiary alicyclic amines) is 1. The van der Waals surface area contributed by atoms with Gasteiger partial charge in [0.05, 0.1) is 103 Å². The Morgan fingerprint density at radius 2 is 0.927 bits per heavy atom. The lowest BCUT2D eigenvalue weighted by atomic mass is 10.0. The molecule has 8 N–H and O–H groups in total. The maximum absolute atomic E-state index is 13.0. The molecule has 4 fully saturated rings. The van der Waals surface area contributed by atoms with E-state index in [4.69, 9.17) is 56.9 Å². The predicted octanol–water partition coefficient (Wildman–Crippen LogP) is 22.9.